The number of benzene rings is 1. The van der Waals surface area contributed by atoms with Gasteiger partial charge in [-0.1, -0.05) is 25.4 Å². The van der Waals surface area contributed by atoms with E-state index in [1.54, 1.807) is 6.07 Å². The number of anilines is 1. The number of hydrogen-bond donors (Lipinski definition) is 1. The lowest BCUT2D eigenvalue weighted by Gasteiger charge is -2.20. The molecule has 96 valence electrons. The van der Waals surface area contributed by atoms with Gasteiger partial charge in [0.2, 0.25) is 0 Å². The number of hydrogen-bond acceptors (Lipinski definition) is 1. The highest BCUT2D eigenvalue weighted by Crippen LogP contribution is 2.36. The molecule has 5 heteroatoms. The Labute approximate surface area is 104 Å². The predicted molar refractivity (Wildman–Crippen MR) is 64.4 cm³/mol. The summed E-state index contributed by atoms with van der Waals surface area (Å²) in [4.78, 5) is 0. The van der Waals surface area contributed by atoms with E-state index >= 15 is 0 Å². The largest absolute Gasteiger partial charge is 0.417 e. The molecule has 0 bridgehead atoms. The van der Waals surface area contributed by atoms with Crippen LogP contribution in [-0.4, -0.2) is 6.04 Å². The topological polar surface area (TPSA) is 12.0 Å². The molecule has 1 rings (SSSR count). The normalized spacial score (nSPS) is 13.9. The number of alkyl halides is 3. The van der Waals surface area contributed by atoms with Gasteiger partial charge in [-0.15, -0.1) is 0 Å². The molecule has 0 aliphatic rings. The van der Waals surface area contributed by atoms with E-state index < -0.39 is 11.7 Å². The van der Waals surface area contributed by atoms with Gasteiger partial charge in [0.25, 0.3) is 0 Å². The summed E-state index contributed by atoms with van der Waals surface area (Å²) >= 11 is 5.53. The summed E-state index contributed by atoms with van der Waals surface area (Å²) in [6.07, 6.45) is -4.42. The van der Waals surface area contributed by atoms with Crippen LogP contribution in [0.15, 0.2) is 18.2 Å². The van der Waals surface area contributed by atoms with E-state index in [2.05, 4.69) is 5.32 Å². The predicted octanol–water partition coefficient (Wildman–Crippen LogP) is 4.82. The third kappa shape index (κ3) is 3.80. The molecule has 1 N–H and O–H groups in total. The molecular weight excluding hydrogens is 251 g/mol. The van der Waals surface area contributed by atoms with E-state index in [9.17, 15) is 13.2 Å². The lowest BCUT2D eigenvalue weighted by molar-refractivity contribution is -0.137. The highest BCUT2D eigenvalue weighted by Gasteiger charge is 2.33. The average molecular weight is 266 g/mol. The van der Waals surface area contributed by atoms with E-state index in [0.717, 1.165) is 6.07 Å². The first-order valence-corrected chi connectivity index (χ1v) is 5.73. The maximum atomic E-state index is 12.6. The van der Waals surface area contributed by atoms with E-state index in [-0.39, 0.29) is 11.1 Å². The molecule has 0 aliphatic heterocycles. The molecule has 0 aromatic heterocycles. The summed E-state index contributed by atoms with van der Waals surface area (Å²) in [5.41, 5.74) is -0.372. The standard InChI is InChI=1S/C12H15ClF3N/c1-7(2)8(3)17-9-4-5-11(13)10(6-9)12(14,15)16/h4-8,17H,1-3H3. The molecule has 1 unspecified atom stereocenters. The molecule has 1 aromatic rings. The first-order chi connectivity index (χ1) is 7.71. The van der Waals surface area contributed by atoms with Gasteiger partial charge in [-0.05, 0) is 31.0 Å². The van der Waals surface area contributed by atoms with Crippen molar-refractivity contribution in [2.75, 3.05) is 5.32 Å². The van der Waals surface area contributed by atoms with Crippen LogP contribution in [0.5, 0.6) is 0 Å². The molecule has 1 atom stereocenters. The van der Waals surface area contributed by atoms with Gasteiger partial charge in [0.15, 0.2) is 0 Å². The van der Waals surface area contributed by atoms with Crippen LogP contribution in [0.4, 0.5) is 18.9 Å². The molecule has 0 heterocycles. The molecule has 0 saturated heterocycles. The van der Waals surface area contributed by atoms with Gasteiger partial charge < -0.3 is 5.32 Å². The Morgan fingerprint density at radius 1 is 1.18 bits per heavy atom. The molecule has 1 aromatic carbocycles. The fourth-order valence-electron chi connectivity index (χ4n) is 1.26. The second-order valence-electron chi connectivity index (χ2n) is 4.37. The minimum Gasteiger partial charge on any atom is -0.382 e. The first kappa shape index (κ1) is 14.2. The maximum absolute atomic E-state index is 12.6. The van der Waals surface area contributed by atoms with Crippen LogP contribution in [0.25, 0.3) is 0 Å². The summed E-state index contributed by atoms with van der Waals surface area (Å²) in [6, 6.07) is 3.95. The Morgan fingerprint density at radius 3 is 2.24 bits per heavy atom. The van der Waals surface area contributed by atoms with Crippen LogP contribution in [0.3, 0.4) is 0 Å². The second-order valence-corrected chi connectivity index (χ2v) is 4.78. The molecule has 0 saturated carbocycles. The minimum atomic E-state index is -4.42. The molecule has 0 aliphatic carbocycles. The third-order valence-electron chi connectivity index (χ3n) is 2.67. The van der Waals surface area contributed by atoms with Crippen LogP contribution in [-0.2, 0) is 6.18 Å². The van der Waals surface area contributed by atoms with E-state index in [1.807, 2.05) is 20.8 Å². The molecule has 17 heavy (non-hydrogen) atoms. The van der Waals surface area contributed by atoms with Crippen LogP contribution < -0.4 is 5.32 Å². The maximum Gasteiger partial charge on any atom is 0.417 e. The molecule has 1 nitrogen and oxygen atoms in total. The van der Waals surface area contributed by atoms with Crippen molar-refractivity contribution < 1.29 is 13.2 Å². The highest BCUT2D eigenvalue weighted by molar-refractivity contribution is 6.31. The van der Waals surface area contributed by atoms with Crippen molar-refractivity contribution in [2.45, 2.75) is 33.0 Å². The van der Waals surface area contributed by atoms with E-state index in [4.69, 9.17) is 11.6 Å². The van der Waals surface area contributed by atoms with Crippen molar-refractivity contribution >= 4 is 17.3 Å². The van der Waals surface area contributed by atoms with E-state index in [1.165, 1.54) is 6.07 Å². The fourth-order valence-corrected chi connectivity index (χ4v) is 1.49. The van der Waals surface area contributed by atoms with Crippen molar-refractivity contribution in [3.63, 3.8) is 0 Å². The van der Waals surface area contributed by atoms with Crippen LogP contribution in [0.1, 0.15) is 26.3 Å². The summed E-state index contributed by atoms with van der Waals surface area (Å²) in [5.74, 6) is 0.333. The molecule has 0 fully saturated rings. The lowest BCUT2D eigenvalue weighted by Crippen LogP contribution is -2.21. The molecule has 0 spiro atoms. The van der Waals surface area contributed by atoms with Gasteiger partial charge in [0, 0.05) is 11.7 Å². The van der Waals surface area contributed by atoms with Crippen molar-refractivity contribution in [1.29, 1.82) is 0 Å². The molecule has 0 radical (unpaired) electrons. The first-order valence-electron chi connectivity index (χ1n) is 5.35. The average Bonchev–Trinajstić information content (AvgIpc) is 2.19. The van der Waals surface area contributed by atoms with Crippen molar-refractivity contribution in [3.8, 4) is 0 Å². The molecular formula is C12H15ClF3N. The number of nitrogens with one attached hydrogen (secondary N) is 1. The quantitative estimate of drug-likeness (QED) is 0.827. The van der Waals surface area contributed by atoms with Gasteiger partial charge >= 0.3 is 6.18 Å². The van der Waals surface area contributed by atoms with Gasteiger partial charge in [-0.25, -0.2) is 0 Å². The van der Waals surface area contributed by atoms with Crippen LogP contribution >= 0.6 is 11.6 Å². The summed E-state index contributed by atoms with van der Waals surface area (Å²) < 4.78 is 37.8. The lowest BCUT2D eigenvalue weighted by atomic mass is 10.1. The zero-order valence-electron chi connectivity index (χ0n) is 9.90. The zero-order valence-corrected chi connectivity index (χ0v) is 10.7. The highest BCUT2D eigenvalue weighted by atomic mass is 35.5. The monoisotopic (exact) mass is 265 g/mol. The minimum absolute atomic E-state index is 0.0947. The van der Waals surface area contributed by atoms with Crippen molar-refractivity contribution in [1.82, 2.24) is 0 Å². The number of halogens is 4. The Bertz CT molecular complexity index is 388. The van der Waals surface area contributed by atoms with Gasteiger partial charge in [-0.2, -0.15) is 13.2 Å². The van der Waals surface area contributed by atoms with Gasteiger partial charge in [0.05, 0.1) is 10.6 Å². The van der Waals surface area contributed by atoms with Gasteiger partial charge in [0.1, 0.15) is 0 Å². The Kier molecular flexibility index (Phi) is 4.31. The van der Waals surface area contributed by atoms with Crippen molar-refractivity contribution in [3.05, 3.63) is 28.8 Å². The van der Waals surface area contributed by atoms with Crippen LogP contribution in [0, 0.1) is 5.92 Å². The van der Waals surface area contributed by atoms with E-state index in [0.29, 0.717) is 11.6 Å². The Hall–Kier alpha value is -0.900. The fraction of sp³-hybridized carbons (Fsp3) is 0.500. The number of rotatable bonds is 3. The Balaban J connectivity index is 2.97. The summed E-state index contributed by atoms with van der Waals surface area (Å²) in [7, 11) is 0. The smallest absolute Gasteiger partial charge is 0.382 e. The van der Waals surface area contributed by atoms with Crippen LogP contribution in [0.2, 0.25) is 5.02 Å². The van der Waals surface area contributed by atoms with Crippen molar-refractivity contribution in [2.24, 2.45) is 5.92 Å². The summed E-state index contributed by atoms with van der Waals surface area (Å²) in [5, 5.41) is 2.74. The van der Waals surface area contributed by atoms with Gasteiger partial charge in [-0.3, -0.25) is 0 Å². The second kappa shape index (κ2) is 5.17. The summed E-state index contributed by atoms with van der Waals surface area (Å²) in [6.45, 7) is 5.92. The zero-order chi connectivity index (χ0) is 13.2. The third-order valence-corrected chi connectivity index (χ3v) is 3.00. The SMILES string of the molecule is CC(C)C(C)Nc1ccc(Cl)c(C(F)(F)F)c1. The Morgan fingerprint density at radius 2 is 1.76 bits per heavy atom. The molecule has 0 amide bonds.